The Kier molecular flexibility index (Phi) is 3.86. The van der Waals surface area contributed by atoms with E-state index in [1.807, 2.05) is 13.8 Å². The van der Waals surface area contributed by atoms with Gasteiger partial charge in [-0.2, -0.15) is 0 Å². The zero-order valence-corrected chi connectivity index (χ0v) is 8.60. The number of aliphatic hydroxyl groups excluding tert-OH is 2. The van der Waals surface area contributed by atoms with Crippen molar-refractivity contribution in [3.63, 3.8) is 0 Å². The summed E-state index contributed by atoms with van der Waals surface area (Å²) in [7, 11) is 0. The Bertz CT molecular complexity index is 188. The Balaban J connectivity index is 2.52. The molecule has 1 heterocycles. The Morgan fingerprint density at radius 3 is 2.71 bits per heavy atom. The summed E-state index contributed by atoms with van der Waals surface area (Å²) >= 11 is 0. The van der Waals surface area contributed by atoms with Crippen LogP contribution >= 0.6 is 0 Å². The lowest BCUT2D eigenvalue weighted by Crippen LogP contribution is -2.60. The van der Waals surface area contributed by atoms with Gasteiger partial charge in [0.1, 0.15) is 6.10 Å². The van der Waals surface area contributed by atoms with Gasteiger partial charge in [-0.3, -0.25) is 0 Å². The molecule has 0 aromatic heterocycles. The molecular weight excluding hydrogens is 186 g/mol. The molecular formula is C9H19NO4. The van der Waals surface area contributed by atoms with E-state index >= 15 is 0 Å². The third-order valence-electron chi connectivity index (χ3n) is 2.36. The third-order valence-corrected chi connectivity index (χ3v) is 2.36. The second-order valence-electron chi connectivity index (χ2n) is 4.03. The predicted molar refractivity (Wildman–Crippen MR) is 50.7 cm³/mol. The lowest BCUT2D eigenvalue weighted by molar-refractivity contribution is -0.296. The molecule has 14 heavy (non-hydrogen) atoms. The van der Waals surface area contributed by atoms with Gasteiger partial charge in [-0.1, -0.05) is 13.8 Å². The van der Waals surface area contributed by atoms with Crippen molar-refractivity contribution in [1.82, 2.24) is 5.32 Å². The lowest BCUT2D eigenvalue weighted by Gasteiger charge is -2.39. The smallest absolute Gasteiger partial charge is 0.207 e. The number of hydrogen-bond acceptors (Lipinski definition) is 5. The molecule has 84 valence electrons. The molecule has 1 saturated heterocycles. The Morgan fingerprint density at radius 2 is 2.14 bits per heavy atom. The van der Waals surface area contributed by atoms with Crippen LogP contribution in [0, 0.1) is 0 Å². The van der Waals surface area contributed by atoms with Crippen LogP contribution in [-0.2, 0) is 4.74 Å². The predicted octanol–water partition coefficient (Wildman–Crippen LogP) is -1.18. The standard InChI is InChI=1S/C9H19NO4/c1-6(2)10-5-9(13)8(12)7(11)3-4-14-9/h6-8,10-13H,3-5H2,1-2H3/t7-,8-,9+/m0/s1. The molecule has 0 unspecified atom stereocenters. The Morgan fingerprint density at radius 1 is 1.50 bits per heavy atom. The fourth-order valence-electron chi connectivity index (χ4n) is 1.41. The quantitative estimate of drug-likeness (QED) is 0.466. The van der Waals surface area contributed by atoms with Gasteiger partial charge in [-0.15, -0.1) is 0 Å². The van der Waals surface area contributed by atoms with Crippen molar-refractivity contribution in [3.8, 4) is 0 Å². The van der Waals surface area contributed by atoms with Gasteiger partial charge < -0.3 is 25.4 Å². The van der Waals surface area contributed by atoms with Gasteiger partial charge in [0.2, 0.25) is 5.79 Å². The second-order valence-corrected chi connectivity index (χ2v) is 4.03. The molecule has 1 rings (SSSR count). The normalized spacial score (nSPS) is 39.0. The van der Waals surface area contributed by atoms with Crippen LogP contribution in [0.1, 0.15) is 20.3 Å². The van der Waals surface area contributed by atoms with Gasteiger partial charge in [0.15, 0.2) is 0 Å². The maximum Gasteiger partial charge on any atom is 0.207 e. The molecule has 0 saturated carbocycles. The molecule has 5 nitrogen and oxygen atoms in total. The molecule has 4 N–H and O–H groups in total. The highest BCUT2D eigenvalue weighted by Gasteiger charge is 2.44. The van der Waals surface area contributed by atoms with Crippen LogP contribution in [-0.4, -0.2) is 52.5 Å². The van der Waals surface area contributed by atoms with Crippen molar-refractivity contribution in [2.24, 2.45) is 0 Å². The number of hydrogen-bond donors (Lipinski definition) is 4. The maximum atomic E-state index is 9.86. The molecule has 0 radical (unpaired) electrons. The second kappa shape index (κ2) is 4.55. The van der Waals surface area contributed by atoms with Crippen molar-refractivity contribution in [2.45, 2.75) is 44.3 Å². The summed E-state index contributed by atoms with van der Waals surface area (Å²) in [5.41, 5.74) is 0. The van der Waals surface area contributed by atoms with Gasteiger partial charge in [0.25, 0.3) is 0 Å². The molecule has 1 aliphatic rings. The van der Waals surface area contributed by atoms with Crippen LogP contribution in [0.5, 0.6) is 0 Å². The molecule has 1 fully saturated rings. The van der Waals surface area contributed by atoms with E-state index in [0.717, 1.165) is 0 Å². The minimum absolute atomic E-state index is 0.114. The highest BCUT2D eigenvalue weighted by atomic mass is 16.6. The van der Waals surface area contributed by atoms with Gasteiger partial charge in [0.05, 0.1) is 19.3 Å². The summed E-state index contributed by atoms with van der Waals surface area (Å²) in [5.74, 6) is -1.66. The van der Waals surface area contributed by atoms with E-state index in [1.54, 1.807) is 0 Å². The fraction of sp³-hybridized carbons (Fsp3) is 1.00. The highest BCUT2D eigenvalue weighted by molar-refractivity contribution is 4.88. The first kappa shape index (κ1) is 11.9. The molecule has 0 amide bonds. The summed E-state index contributed by atoms with van der Waals surface area (Å²) in [6.07, 6.45) is -1.81. The van der Waals surface area contributed by atoms with Crippen molar-refractivity contribution in [1.29, 1.82) is 0 Å². The van der Waals surface area contributed by atoms with Gasteiger partial charge >= 0.3 is 0 Å². The van der Waals surface area contributed by atoms with Gasteiger partial charge in [0, 0.05) is 6.04 Å². The van der Waals surface area contributed by atoms with Crippen molar-refractivity contribution in [2.75, 3.05) is 13.2 Å². The van der Waals surface area contributed by atoms with Crippen LogP contribution in [0.25, 0.3) is 0 Å². The SMILES string of the molecule is CC(C)NC[C@@]1(O)OCC[C@H](O)[C@@H]1O. The minimum atomic E-state index is -1.66. The first-order chi connectivity index (χ1) is 6.46. The van der Waals surface area contributed by atoms with Gasteiger partial charge in [-0.25, -0.2) is 0 Å². The monoisotopic (exact) mass is 205 g/mol. The average molecular weight is 205 g/mol. The van der Waals surface area contributed by atoms with E-state index in [0.29, 0.717) is 6.42 Å². The summed E-state index contributed by atoms with van der Waals surface area (Å²) < 4.78 is 5.08. The fourth-order valence-corrected chi connectivity index (χ4v) is 1.41. The van der Waals surface area contributed by atoms with E-state index in [9.17, 15) is 15.3 Å². The summed E-state index contributed by atoms with van der Waals surface area (Å²) in [6.45, 7) is 4.22. The lowest BCUT2D eigenvalue weighted by atomic mass is 9.99. The summed E-state index contributed by atoms with van der Waals surface area (Å²) in [5, 5.41) is 31.7. The van der Waals surface area contributed by atoms with Crippen molar-refractivity contribution >= 4 is 0 Å². The van der Waals surface area contributed by atoms with Crippen LogP contribution in [0.3, 0.4) is 0 Å². The third kappa shape index (κ3) is 2.65. The molecule has 0 bridgehead atoms. The van der Waals surface area contributed by atoms with E-state index in [4.69, 9.17) is 4.74 Å². The number of ether oxygens (including phenoxy) is 1. The number of aliphatic hydroxyl groups is 3. The zero-order valence-electron chi connectivity index (χ0n) is 8.60. The van der Waals surface area contributed by atoms with Crippen LogP contribution in [0.15, 0.2) is 0 Å². The number of nitrogens with one attached hydrogen (secondary N) is 1. The Hall–Kier alpha value is -0.200. The van der Waals surface area contributed by atoms with Crippen molar-refractivity contribution < 1.29 is 20.1 Å². The van der Waals surface area contributed by atoms with E-state index < -0.39 is 18.0 Å². The molecule has 0 aliphatic carbocycles. The summed E-state index contributed by atoms with van der Waals surface area (Å²) in [6, 6.07) is 0.189. The van der Waals surface area contributed by atoms with Gasteiger partial charge in [-0.05, 0) is 6.42 Å². The molecule has 0 aromatic rings. The van der Waals surface area contributed by atoms with Crippen LogP contribution in [0.4, 0.5) is 0 Å². The molecule has 1 aliphatic heterocycles. The molecule has 3 atom stereocenters. The highest BCUT2D eigenvalue weighted by Crippen LogP contribution is 2.22. The molecule has 0 aromatic carbocycles. The average Bonchev–Trinajstić information content (AvgIpc) is 2.11. The van der Waals surface area contributed by atoms with E-state index in [-0.39, 0.29) is 19.2 Å². The first-order valence-corrected chi connectivity index (χ1v) is 4.91. The van der Waals surface area contributed by atoms with Crippen molar-refractivity contribution in [3.05, 3.63) is 0 Å². The number of rotatable bonds is 3. The topological polar surface area (TPSA) is 82.0 Å². The first-order valence-electron chi connectivity index (χ1n) is 4.91. The Labute approximate surface area is 83.7 Å². The minimum Gasteiger partial charge on any atom is -0.390 e. The largest absolute Gasteiger partial charge is 0.390 e. The van der Waals surface area contributed by atoms with E-state index in [1.165, 1.54) is 0 Å². The van der Waals surface area contributed by atoms with Crippen LogP contribution in [0.2, 0.25) is 0 Å². The zero-order chi connectivity index (χ0) is 10.8. The maximum absolute atomic E-state index is 9.86. The van der Waals surface area contributed by atoms with E-state index in [2.05, 4.69) is 5.32 Å². The van der Waals surface area contributed by atoms with Crippen LogP contribution < -0.4 is 5.32 Å². The summed E-state index contributed by atoms with van der Waals surface area (Å²) in [4.78, 5) is 0. The molecule has 5 heteroatoms. The molecule has 0 spiro atoms.